The van der Waals surface area contributed by atoms with E-state index >= 15 is 0 Å². The Morgan fingerprint density at radius 1 is 1.17 bits per heavy atom. The van der Waals surface area contributed by atoms with E-state index in [0.29, 0.717) is 5.41 Å². The Bertz CT molecular complexity index is 383. The van der Waals surface area contributed by atoms with Crippen LogP contribution in [0.5, 0.6) is 0 Å². The van der Waals surface area contributed by atoms with Crippen molar-refractivity contribution in [3.8, 4) is 0 Å². The van der Waals surface area contributed by atoms with E-state index in [1.165, 1.54) is 44.2 Å². The smallest absolute Gasteiger partial charge is 0.0236 e. The molecule has 1 heterocycles. The zero-order valence-corrected chi connectivity index (χ0v) is 11.1. The number of nitrogens with zero attached hydrogens (tertiary/aromatic N) is 1. The van der Waals surface area contributed by atoms with Gasteiger partial charge >= 0.3 is 0 Å². The van der Waals surface area contributed by atoms with Gasteiger partial charge in [0.15, 0.2) is 0 Å². The maximum absolute atomic E-state index is 6.03. The monoisotopic (exact) mass is 244 g/mol. The van der Waals surface area contributed by atoms with Gasteiger partial charge < -0.3 is 5.73 Å². The molecule has 1 aliphatic heterocycles. The van der Waals surface area contributed by atoms with Crippen molar-refractivity contribution in [1.82, 2.24) is 4.90 Å². The molecule has 2 fully saturated rings. The van der Waals surface area contributed by atoms with Crippen LogP contribution in [-0.2, 0) is 6.54 Å². The van der Waals surface area contributed by atoms with E-state index in [2.05, 4.69) is 35.2 Å². The minimum absolute atomic E-state index is 0.467. The standard InChI is InChI=1S/C16H24N2/c17-13-16(9-10-16)15-8-4-5-11-18(15)12-14-6-2-1-3-7-14/h1-3,6-7,15H,4-5,8-13,17H2. The van der Waals surface area contributed by atoms with E-state index in [1.54, 1.807) is 0 Å². The van der Waals surface area contributed by atoms with Crippen molar-refractivity contribution in [2.24, 2.45) is 11.1 Å². The van der Waals surface area contributed by atoms with E-state index in [4.69, 9.17) is 5.73 Å². The van der Waals surface area contributed by atoms with Gasteiger partial charge in [-0.2, -0.15) is 0 Å². The summed E-state index contributed by atoms with van der Waals surface area (Å²) in [6.45, 7) is 3.23. The zero-order valence-electron chi connectivity index (χ0n) is 11.1. The largest absolute Gasteiger partial charge is 0.330 e. The lowest BCUT2D eigenvalue weighted by atomic mass is 9.87. The van der Waals surface area contributed by atoms with Gasteiger partial charge in [0.1, 0.15) is 0 Å². The lowest BCUT2D eigenvalue weighted by molar-refractivity contribution is 0.0835. The van der Waals surface area contributed by atoms with Crippen molar-refractivity contribution in [2.75, 3.05) is 13.1 Å². The number of likely N-dealkylation sites (tertiary alicyclic amines) is 1. The van der Waals surface area contributed by atoms with Crippen LogP contribution in [-0.4, -0.2) is 24.0 Å². The quantitative estimate of drug-likeness (QED) is 0.882. The topological polar surface area (TPSA) is 29.3 Å². The predicted molar refractivity (Wildman–Crippen MR) is 75.2 cm³/mol. The van der Waals surface area contributed by atoms with E-state index in [9.17, 15) is 0 Å². The average Bonchev–Trinajstić information content (AvgIpc) is 3.22. The zero-order chi connectivity index (χ0) is 12.4. The Morgan fingerprint density at radius 3 is 2.61 bits per heavy atom. The molecule has 1 aromatic carbocycles. The van der Waals surface area contributed by atoms with Crippen LogP contribution in [0.3, 0.4) is 0 Å². The molecule has 2 N–H and O–H groups in total. The SMILES string of the molecule is NCC1(C2CCCCN2Cc2ccccc2)CC1. The minimum atomic E-state index is 0.467. The number of benzene rings is 1. The third-order valence-corrected chi connectivity index (χ3v) is 4.85. The highest BCUT2D eigenvalue weighted by atomic mass is 15.2. The lowest BCUT2D eigenvalue weighted by Gasteiger charge is -2.40. The molecule has 98 valence electrons. The molecule has 3 rings (SSSR count). The highest BCUT2D eigenvalue weighted by molar-refractivity contribution is 5.15. The molecule has 1 atom stereocenters. The van der Waals surface area contributed by atoms with Crippen molar-refractivity contribution >= 4 is 0 Å². The Kier molecular flexibility index (Phi) is 3.40. The van der Waals surface area contributed by atoms with Gasteiger partial charge in [0.25, 0.3) is 0 Å². The van der Waals surface area contributed by atoms with Crippen LogP contribution < -0.4 is 5.73 Å². The minimum Gasteiger partial charge on any atom is -0.330 e. The maximum Gasteiger partial charge on any atom is 0.0236 e. The van der Waals surface area contributed by atoms with E-state index in [0.717, 1.165) is 19.1 Å². The molecule has 18 heavy (non-hydrogen) atoms. The van der Waals surface area contributed by atoms with Crippen LogP contribution in [0.15, 0.2) is 30.3 Å². The fourth-order valence-electron chi connectivity index (χ4n) is 3.53. The molecule has 0 bridgehead atoms. The van der Waals surface area contributed by atoms with Gasteiger partial charge in [-0.25, -0.2) is 0 Å². The Hall–Kier alpha value is -0.860. The first-order valence-corrected chi connectivity index (χ1v) is 7.32. The first-order chi connectivity index (χ1) is 8.84. The molecule has 2 heteroatoms. The molecule has 0 spiro atoms. The molecule has 1 aliphatic carbocycles. The molecule has 2 nitrogen and oxygen atoms in total. The van der Waals surface area contributed by atoms with Gasteiger partial charge in [0.2, 0.25) is 0 Å². The summed E-state index contributed by atoms with van der Waals surface area (Å²) in [5, 5.41) is 0. The molecule has 0 radical (unpaired) electrons. The molecule has 1 aromatic rings. The Balaban J connectivity index is 1.72. The fourth-order valence-corrected chi connectivity index (χ4v) is 3.53. The van der Waals surface area contributed by atoms with Crippen LogP contribution in [0.1, 0.15) is 37.7 Å². The Morgan fingerprint density at radius 2 is 1.94 bits per heavy atom. The highest BCUT2D eigenvalue weighted by Crippen LogP contribution is 2.52. The number of nitrogens with two attached hydrogens (primary N) is 1. The third-order valence-electron chi connectivity index (χ3n) is 4.85. The number of hydrogen-bond acceptors (Lipinski definition) is 2. The van der Waals surface area contributed by atoms with Crippen LogP contribution in [0, 0.1) is 5.41 Å². The fraction of sp³-hybridized carbons (Fsp3) is 0.625. The summed E-state index contributed by atoms with van der Waals surface area (Å²) in [6.07, 6.45) is 6.78. The first-order valence-electron chi connectivity index (χ1n) is 7.32. The number of rotatable bonds is 4. The number of piperidine rings is 1. The van der Waals surface area contributed by atoms with Crippen molar-refractivity contribution in [3.05, 3.63) is 35.9 Å². The molecule has 1 saturated heterocycles. The van der Waals surface area contributed by atoms with Crippen molar-refractivity contribution in [3.63, 3.8) is 0 Å². The summed E-state index contributed by atoms with van der Waals surface area (Å²) in [7, 11) is 0. The van der Waals surface area contributed by atoms with Crippen LogP contribution in [0.4, 0.5) is 0 Å². The van der Waals surface area contributed by atoms with Gasteiger partial charge in [0, 0.05) is 12.6 Å². The first kappa shape index (κ1) is 12.2. The lowest BCUT2D eigenvalue weighted by Crippen LogP contribution is -2.47. The third kappa shape index (κ3) is 2.32. The predicted octanol–water partition coefficient (Wildman–Crippen LogP) is 2.78. The molecular weight excluding hydrogens is 220 g/mol. The second-order valence-corrected chi connectivity index (χ2v) is 6.03. The van der Waals surface area contributed by atoms with Crippen LogP contribution >= 0.6 is 0 Å². The second kappa shape index (κ2) is 5.02. The molecular formula is C16H24N2. The van der Waals surface area contributed by atoms with Crippen molar-refractivity contribution in [2.45, 2.75) is 44.7 Å². The Labute approximate surface area is 110 Å². The van der Waals surface area contributed by atoms with Gasteiger partial charge in [-0.05, 0) is 49.8 Å². The van der Waals surface area contributed by atoms with E-state index in [1.807, 2.05) is 0 Å². The molecule has 0 aromatic heterocycles. The number of hydrogen-bond donors (Lipinski definition) is 1. The summed E-state index contributed by atoms with van der Waals surface area (Å²) < 4.78 is 0. The molecule has 2 aliphatic rings. The van der Waals surface area contributed by atoms with Crippen LogP contribution in [0.25, 0.3) is 0 Å². The molecule has 0 amide bonds. The highest BCUT2D eigenvalue weighted by Gasteiger charge is 2.50. The van der Waals surface area contributed by atoms with Crippen LogP contribution in [0.2, 0.25) is 0 Å². The average molecular weight is 244 g/mol. The summed E-state index contributed by atoms with van der Waals surface area (Å²) in [5.41, 5.74) is 7.94. The van der Waals surface area contributed by atoms with Gasteiger partial charge in [-0.3, -0.25) is 4.90 Å². The summed E-state index contributed by atoms with van der Waals surface area (Å²) >= 11 is 0. The van der Waals surface area contributed by atoms with Gasteiger partial charge in [0.05, 0.1) is 0 Å². The van der Waals surface area contributed by atoms with Gasteiger partial charge in [-0.15, -0.1) is 0 Å². The summed E-state index contributed by atoms with van der Waals surface area (Å²) in [6, 6.07) is 11.6. The summed E-state index contributed by atoms with van der Waals surface area (Å²) in [5.74, 6) is 0. The van der Waals surface area contributed by atoms with Crippen molar-refractivity contribution < 1.29 is 0 Å². The summed E-state index contributed by atoms with van der Waals surface area (Å²) in [4.78, 5) is 2.69. The van der Waals surface area contributed by atoms with E-state index in [-0.39, 0.29) is 0 Å². The molecule has 1 saturated carbocycles. The second-order valence-electron chi connectivity index (χ2n) is 6.03. The maximum atomic E-state index is 6.03. The van der Waals surface area contributed by atoms with Gasteiger partial charge in [-0.1, -0.05) is 36.8 Å². The van der Waals surface area contributed by atoms with Crippen molar-refractivity contribution in [1.29, 1.82) is 0 Å². The normalized spacial score (nSPS) is 27.1. The molecule has 1 unspecified atom stereocenters. The van der Waals surface area contributed by atoms with E-state index < -0.39 is 0 Å².